The van der Waals surface area contributed by atoms with Gasteiger partial charge in [0.25, 0.3) is 0 Å². The standard InChI is InChI=1S/C16H21FSi/c1-6-7-8-14-11-13(2)15(16(17)12-14)9-10-18(3,4)5/h6,11-12H,1,7-8H2,2-5H3. The van der Waals surface area contributed by atoms with Crippen LogP contribution in [0, 0.1) is 24.2 Å². The largest absolute Gasteiger partial charge is 0.206 e. The Morgan fingerprint density at radius 3 is 2.50 bits per heavy atom. The summed E-state index contributed by atoms with van der Waals surface area (Å²) in [5.74, 6) is 2.83. The van der Waals surface area contributed by atoms with Gasteiger partial charge in [0.15, 0.2) is 0 Å². The molecule has 0 aliphatic carbocycles. The normalized spacial score (nSPS) is 10.7. The lowest BCUT2D eigenvalue weighted by Crippen LogP contribution is -2.16. The van der Waals surface area contributed by atoms with Gasteiger partial charge in [0.2, 0.25) is 0 Å². The fourth-order valence-corrected chi connectivity index (χ4v) is 2.14. The third-order valence-corrected chi connectivity index (χ3v) is 3.42. The summed E-state index contributed by atoms with van der Waals surface area (Å²) in [6, 6.07) is 3.63. The number of aryl methyl sites for hydroxylation is 2. The van der Waals surface area contributed by atoms with E-state index < -0.39 is 8.07 Å². The number of hydrogen-bond acceptors (Lipinski definition) is 0. The van der Waals surface area contributed by atoms with Crippen LogP contribution in [0.2, 0.25) is 19.6 Å². The van der Waals surface area contributed by atoms with Gasteiger partial charge >= 0.3 is 0 Å². The molecule has 2 heteroatoms. The number of benzene rings is 1. The van der Waals surface area contributed by atoms with Crippen LogP contribution in [0.4, 0.5) is 4.39 Å². The Hall–Kier alpha value is -1.33. The highest BCUT2D eigenvalue weighted by molar-refractivity contribution is 6.83. The average Bonchev–Trinajstić information content (AvgIpc) is 2.23. The predicted molar refractivity (Wildman–Crippen MR) is 79.9 cm³/mol. The van der Waals surface area contributed by atoms with Crippen LogP contribution < -0.4 is 0 Å². The molecule has 0 unspecified atom stereocenters. The van der Waals surface area contributed by atoms with E-state index in [0.29, 0.717) is 5.56 Å². The van der Waals surface area contributed by atoms with E-state index in [1.807, 2.05) is 19.1 Å². The molecule has 0 heterocycles. The molecule has 0 radical (unpaired) electrons. The lowest BCUT2D eigenvalue weighted by atomic mass is 10.0. The summed E-state index contributed by atoms with van der Waals surface area (Å²) in [7, 11) is -1.46. The molecule has 0 saturated heterocycles. The van der Waals surface area contributed by atoms with Gasteiger partial charge in [0.1, 0.15) is 13.9 Å². The highest BCUT2D eigenvalue weighted by Gasteiger charge is 2.10. The first kappa shape index (κ1) is 14.7. The first-order valence-corrected chi connectivity index (χ1v) is 9.76. The first-order valence-electron chi connectivity index (χ1n) is 6.26. The summed E-state index contributed by atoms with van der Waals surface area (Å²) in [5.41, 5.74) is 5.72. The van der Waals surface area contributed by atoms with Gasteiger partial charge in [-0.15, -0.1) is 12.1 Å². The zero-order chi connectivity index (χ0) is 13.8. The quantitative estimate of drug-likeness (QED) is 0.427. The van der Waals surface area contributed by atoms with E-state index in [1.165, 1.54) is 0 Å². The van der Waals surface area contributed by atoms with Crippen molar-refractivity contribution >= 4 is 8.07 Å². The monoisotopic (exact) mass is 260 g/mol. The van der Waals surface area contributed by atoms with Gasteiger partial charge in [-0.25, -0.2) is 4.39 Å². The van der Waals surface area contributed by atoms with Crippen molar-refractivity contribution in [1.82, 2.24) is 0 Å². The Labute approximate surface area is 111 Å². The molecule has 1 aromatic rings. The smallest absolute Gasteiger partial charge is 0.139 e. The summed E-state index contributed by atoms with van der Waals surface area (Å²) in [6.45, 7) is 12.1. The van der Waals surface area contributed by atoms with E-state index in [0.717, 1.165) is 24.0 Å². The molecule has 0 fully saturated rings. The topological polar surface area (TPSA) is 0 Å². The minimum Gasteiger partial charge on any atom is -0.206 e. The Kier molecular flexibility index (Phi) is 4.92. The highest BCUT2D eigenvalue weighted by atomic mass is 28.3. The number of allylic oxidation sites excluding steroid dienone is 1. The average molecular weight is 260 g/mol. The molecule has 0 aromatic heterocycles. The maximum absolute atomic E-state index is 14.0. The van der Waals surface area contributed by atoms with Crippen LogP contribution in [0.15, 0.2) is 24.8 Å². The van der Waals surface area contributed by atoms with Gasteiger partial charge in [-0.3, -0.25) is 0 Å². The van der Waals surface area contributed by atoms with Gasteiger partial charge in [0.05, 0.1) is 5.56 Å². The van der Waals surface area contributed by atoms with E-state index in [1.54, 1.807) is 6.07 Å². The van der Waals surface area contributed by atoms with Crippen LogP contribution in [-0.2, 0) is 6.42 Å². The molecule has 1 aromatic carbocycles. The SMILES string of the molecule is C=CCCc1cc(C)c(C#C[Si](C)(C)C)c(F)c1. The lowest BCUT2D eigenvalue weighted by molar-refractivity contribution is 0.620. The van der Waals surface area contributed by atoms with Crippen LogP contribution in [0.25, 0.3) is 0 Å². The summed E-state index contributed by atoms with van der Waals surface area (Å²) in [4.78, 5) is 0. The van der Waals surface area contributed by atoms with Gasteiger partial charge in [-0.05, 0) is 37.0 Å². The zero-order valence-corrected chi connectivity index (χ0v) is 12.7. The first-order chi connectivity index (χ1) is 8.33. The molecular formula is C16H21FSi. The second kappa shape index (κ2) is 6.02. The van der Waals surface area contributed by atoms with Crippen molar-refractivity contribution in [3.63, 3.8) is 0 Å². The summed E-state index contributed by atoms with van der Waals surface area (Å²) < 4.78 is 14.0. The second-order valence-corrected chi connectivity index (χ2v) is 10.3. The van der Waals surface area contributed by atoms with Crippen LogP contribution in [-0.4, -0.2) is 8.07 Å². The van der Waals surface area contributed by atoms with E-state index in [4.69, 9.17) is 0 Å². The van der Waals surface area contributed by atoms with Crippen molar-refractivity contribution in [2.75, 3.05) is 0 Å². The summed E-state index contributed by atoms with van der Waals surface area (Å²) in [5, 5.41) is 0. The van der Waals surface area contributed by atoms with Gasteiger partial charge < -0.3 is 0 Å². The zero-order valence-electron chi connectivity index (χ0n) is 11.7. The Morgan fingerprint density at radius 2 is 2.00 bits per heavy atom. The molecule has 1 rings (SSSR count). The number of rotatable bonds is 3. The van der Waals surface area contributed by atoms with E-state index in [2.05, 4.69) is 37.7 Å². The molecule has 0 nitrogen and oxygen atoms in total. The number of hydrogen-bond donors (Lipinski definition) is 0. The van der Waals surface area contributed by atoms with Crippen molar-refractivity contribution < 1.29 is 4.39 Å². The Morgan fingerprint density at radius 1 is 1.33 bits per heavy atom. The van der Waals surface area contributed by atoms with Gasteiger partial charge in [-0.2, -0.15) is 0 Å². The Bertz CT molecular complexity index is 475. The maximum Gasteiger partial charge on any atom is 0.139 e. The molecule has 0 saturated carbocycles. The fourth-order valence-electron chi connectivity index (χ4n) is 1.64. The summed E-state index contributed by atoms with van der Waals surface area (Å²) >= 11 is 0. The molecule has 0 atom stereocenters. The van der Waals surface area contributed by atoms with Crippen LogP contribution >= 0.6 is 0 Å². The van der Waals surface area contributed by atoms with Crippen LogP contribution in [0.5, 0.6) is 0 Å². The van der Waals surface area contributed by atoms with Gasteiger partial charge in [0, 0.05) is 0 Å². The molecule has 96 valence electrons. The number of halogens is 1. The van der Waals surface area contributed by atoms with E-state index in [9.17, 15) is 4.39 Å². The molecule has 0 aliphatic rings. The van der Waals surface area contributed by atoms with Crippen molar-refractivity contribution in [3.05, 3.63) is 47.3 Å². The minimum atomic E-state index is -1.46. The van der Waals surface area contributed by atoms with Gasteiger partial charge in [-0.1, -0.05) is 37.7 Å². The molecule has 18 heavy (non-hydrogen) atoms. The maximum atomic E-state index is 14.0. The molecule has 0 bridgehead atoms. The second-order valence-electron chi connectivity index (χ2n) is 5.60. The van der Waals surface area contributed by atoms with Crippen molar-refractivity contribution in [2.24, 2.45) is 0 Å². The van der Waals surface area contributed by atoms with Crippen LogP contribution in [0.3, 0.4) is 0 Å². The summed E-state index contributed by atoms with van der Waals surface area (Å²) in [6.07, 6.45) is 3.56. The molecule has 0 amide bonds. The lowest BCUT2D eigenvalue weighted by Gasteiger charge is -2.07. The minimum absolute atomic E-state index is 0.195. The third-order valence-electron chi connectivity index (χ3n) is 2.55. The molecule has 0 spiro atoms. The molecular weight excluding hydrogens is 239 g/mol. The predicted octanol–water partition coefficient (Wildman–Crippen LogP) is 4.48. The van der Waals surface area contributed by atoms with E-state index in [-0.39, 0.29) is 5.82 Å². The molecule has 0 N–H and O–H groups in total. The van der Waals surface area contributed by atoms with Crippen LogP contribution in [0.1, 0.15) is 23.1 Å². The fraction of sp³-hybridized carbons (Fsp3) is 0.375. The van der Waals surface area contributed by atoms with Crippen molar-refractivity contribution in [2.45, 2.75) is 39.4 Å². The molecule has 0 aliphatic heterocycles. The van der Waals surface area contributed by atoms with Crippen molar-refractivity contribution in [1.29, 1.82) is 0 Å². The highest BCUT2D eigenvalue weighted by Crippen LogP contribution is 2.17. The van der Waals surface area contributed by atoms with Crippen molar-refractivity contribution in [3.8, 4) is 11.5 Å². The van der Waals surface area contributed by atoms with E-state index >= 15 is 0 Å². The third kappa shape index (κ3) is 4.50. The Balaban J connectivity index is 3.07.